The predicted octanol–water partition coefficient (Wildman–Crippen LogP) is 5.06. The highest BCUT2D eigenvalue weighted by Crippen LogP contribution is 2.35. The van der Waals surface area contributed by atoms with Crippen LogP contribution in [0.15, 0.2) is 18.2 Å². The average Bonchev–Trinajstić information content (AvgIpc) is 2.78. The van der Waals surface area contributed by atoms with Crippen molar-refractivity contribution < 1.29 is 0 Å². The molecule has 0 N–H and O–H groups in total. The van der Waals surface area contributed by atoms with E-state index < -0.39 is 0 Å². The van der Waals surface area contributed by atoms with Crippen molar-refractivity contribution in [3.05, 3.63) is 29.0 Å². The normalized spacial score (nSPS) is 21.7. The highest BCUT2D eigenvalue weighted by Gasteiger charge is 2.23. The number of aromatic nitrogens is 2. The van der Waals surface area contributed by atoms with Crippen molar-refractivity contribution in [2.75, 3.05) is 11.5 Å². The van der Waals surface area contributed by atoms with Crippen LogP contribution in [0.4, 0.5) is 0 Å². The van der Waals surface area contributed by atoms with Gasteiger partial charge in [-0.3, -0.25) is 0 Å². The lowest BCUT2D eigenvalue weighted by Crippen LogP contribution is -2.18. The Kier molecular flexibility index (Phi) is 3.97. The van der Waals surface area contributed by atoms with Gasteiger partial charge >= 0.3 is 0 Å². The van der Waals surface area contributed by atoms with Crippen molar-refractivity contribution in [2.45, 2.75) is 31.2 Å². The lowest BCUT2D eigenvalue weighted by atomic mass is 10.1. The van der Waals surface area contributed by atoms with Crippen LogP contribution in [-0.4, -0.2) is 21.1 Å². The number of thioether (sulfide) groups is 1. The Hall–Kier alpha value is -0.380. The molecule has 3 rings (SSSR count). The Bertz CT molecular complexity index is 588. The molecule has 1 aromatic heterocycles. The molecule has 1 saturated heterocycles. The second kappa shape index (κ2) is 5.55. The number of alkyl halides is 1. The molecule has 102 valence electrons. The monoisotopic (exact) mass is 314 g/mol. The highest BCUT2D eigenvalue weighted by molar-refractivity contribution is 7.99. The molecule has 19 heavy (non-hydrogen) atoms. The fraction of sp³-hybridized carbons (Fsp3) is 0.500. The molecule has 5 heteroatoms. The molecule has 0 aliphatic carbocycles. The van der Waals surface area contributed by atoms with Gasteiger partial charge in [0.05, 0.1) is 16.4 Å². The topological polar surface area (TPSA) is 17.8 Å². The second-order valence-corrected chi connectivity index (χ2v) is 7.20. The molecule has 0 spiro atoms. The first-order valence-corrected chi connectivity index (χ1v) is 8.53. The van der Waals surface area contributed by atoms with E-state index in [1.165, 1.54) is 18.6 Å². The summed E-state index contributed by atoms with van der Waals surface area (Å²) in [6.07, 6.45) is 2.45. The van der Waals surface area contributed by atoms with Crippen LogP contribution in [0.1, 0.15) is 37.0 Å². The first-order chi connectivity index (χ1) is 9.16. The number of halogens is 2. The van der Waals surface area contributed by atoms with Crippen molar-refractivity contribution in [3.8, 4) is 0 Å². The molecule has 1 aromatic carbocycles. The van der Waals surface area contributed by atoms with E-state index in [2.05, 4.69) is 4.57 Å². The van der Waals surface area contributed by atoms with Crippen LogP contribution < -0.4 is 0 Å². The van der Waals surface area contributed by atoms with E-state index in [1.54, 1.807) is 0 Å². The van der Waals surface area contributed by atoms with E-state index in [1.807, 2.05) is 36.9 Å². The maximum absolute atomic E-state index is 6.32. The third-order valence-corrected chi connectivity index (χ3v) is 5.16. The number of hydrogen-bond donors (Lipinski definition) is 0. The fourth-order valence-electron chi connectivity index (χ4n) is 2.68. The minimum absolute atomic E-state index is 0.0851. The molecule has 1 aliphatic heterocycles. The van der Waals surface area contributed by atoms with Gasteiger partial charge in [0, 0.05) is 16.8 Å². The van der Waals surface area contributed by atoms with E-state index in [0.29, 0.717) is 6.04 Å². The summed E-state index contributed by atoms with van der Waals surface area (Å²) in [5.41, 5.74) is 2.10. The van der Waals surface area contributed by atoms with E-state index in [9.17, 15) is 0 Å². The molecular weight excluding hydrogens is 299 g/mol. The molecule has 1 fully saturated rings. The molecule has 2 atom stereocenters. The van der Waals surface area contributed by atoms with E-state index in [4.69, 9.17) is 28.2 Å². The van der Waals surface area contributed by atoms with E-state index >= 15 is 0 Å². The molecule has 0 radical (unpaired) electrons. The Morgan fingerprint density at radius 1 is 1.47 bits per heavy atom. The first kappa shape index (κ1) is 13.6. The Morgan fingerprint density at radius 2 is 2.32 bits per heavy atom. The van der Waals surface area contributed by atoms with Gasteiger partial charge in [-0.25, -0.2) is 4.98 Å². The van der Waals surface area contributed by atoms with Crippen LogP contribution in [0.3, 0.4) is 0 Å². The molecule has 0 saturated carbocycles. The quantitative estimate of drug-likeness (QED) is 0.721. The number of hydrogen-bond acceptors (Lipinski definition) is 2. The van der Waals surface area contributed by atoms with Crippen LogP contribution >= 0.6 is 35.0 Å². The second-order valence-electron chi connectivity index (χ2n) is 4.96. The third kappa shape index (κ3) is 2.61. The van der Waals surface area contributed by atoms with E-state index in [-0.39, 0.29) is 5.38 Å². The average molecular weight is 315 g/mol. The van der Waals surface area contributed by atoms with E-state index in [0.717, 1.165) is 27.6 Å². The summed E-state index contributed by atoms with van der Waals surface area (Å²) in [5, 5.41) is 0.670. The molecule has 2 nitrogen and oxygen atoms in total. The number of nitrogens with zero attached hydrogens (tertiary/aromatic N) is 2. The maximum Gasteiger partial charge on any atom is 0.127 e. The van der Waals surface area contributed by atoms with Crippen molar-refractivity contribution >= 4 is 46.0 Å². The summed E-state index contributed by atoms with van der Waals surface area (Å²) in [5.74, 6) is 3.36. The van der Waals surface area contributed by atoms with Gasteiger partial charge in [0.2, 0.25) is 0 Å². The summed E-state index contributed by atoms with van der Waals surface area (Å²) in [7, 11) is 0. The molecule has 0 amide bonds. The van der Waals surface area contributed by atoms with Crippen molar-refractivity contribution in [2.24, 2.45) is 0 Å². The minimum atomic E-state index is -0.0851. The SMILES string of the molecule is CC(Cl)c1nc2ccc(Cl)cc2n1C1CCCSC1. The molecule has 2 heterocycles. The first-order valence-electron chi connectivity index (χ1n) is 6.56. The molecular formula is C14H16Cl2N2S. The van der Waals surface area contributed by atoms with Crippen LogP contribution in [0.5, 0.6) is 0 Å². The zero-order chi connectivity index (χ0) is 13.4. The van der Waals surface area contributed by atoms with Crippen molar-refractivity contribution in [1.82, 2.24) is 9.55 Å². The molecule has 0 bridgehead atoms. The fourth-order valence-corrected chi connectivity index (χ4v) is 4.12. The summed E-state index contributed by atoms with van der Waals surface area (Å²) in [6, 6.07) is 6.36. The smallest absolute Gasteiger partial charge is 0.127 e. The van der Waals surface area contributed by atoms with Crippen LogP contribution in [0, 0.1) is 0 Å². The Labute approximate surface area is 127 Å². The van der Waals surface area contributed by atoms with Crippen LogP contribution in [0.25, 0.3) is 11.0 Å². The third-order valence-electron chi connectivity index (χ3n) is 3.54. The van der Waals surface area contributed by atoms with Crippen molar-refractivity contribution in [1.29, 1.82) is 0 Å². The van der Waals surface area contributed by atoms with Gasteiger partial charge in [-0.15, -0.1) is 11.6 Å². The maximum atomic E-state index is 6.32. The highest BCUT2D eigenvalue weighted by atomic mass is 35.5. The van der Waals surface area contributed by atoms with Crippen LogP contribution in [-0.2, 0) is 0 Å². The Morgan fingerprint density at radius 3 is 3.00 bits per heavy atom. The van der Waals surface area contributed by atoms with Gasteiger partial charge in [-0.05, 0) is 43.7 Å². The summed E-state index contributed by atoms with van der Waals surface area (Å²) in [4.78, 5) is 4.69. The zero-order valence-electron chi connectivity index (χ0n) is 10.8. The zero-order valence-corrected chi connectivity index (χ0v) is 13.1. The number of fused-ring (bicyclic) bond motifs is 1. The van der Waals surface area contributed by atoms with Crippen molar-refractivity contribution in [3.63, 3.8) is 0 Å². The van der Waals surface area contributed by atoms with Gasteiger partial charge in [-0.2, -0.15) is 11.8 Å². The number of rotatable bonds is 2. The molecule has 2 unspecified atom stereocenters. The lowest BCUT2D eigenvalue weighted by molar-refractivity contribution is 0.493. The minimum Gasteiger partial charge on any atom is -0.323 e. The largest absolute Gasteiger partial charge is 0.323 e. The standard InChI is InChI=1S/C14H16Cl2N2S/c1-9(15)14-17-12-5-4-10(16)7-13(12)18(14)11-3-2-6-19-8-11/h4-5,7,9,11H,2-3,6,8H2,1H3. The van der Waals surface area contributed by atoms with Gasteiger partial charge in [0.1, 0.15) is 5.82 Å². The van der Waals surface area contributed by atoms with Gasteiger partial charge in [0.15, 0.2) is 0 Å². The lowest BCUT2D eigenvalue weighted by Gasteiger charge is -2.25. The molecule has 2 aromatic rings. The Balaban J connectivity index is 2.17. The summed E-state index contributed by atoms with van der Waals surface area (Å²) in [6.45, 7) is 1.98. The number of imidazole rings is 1. The predicted molar refractivity (Wildman–Crippen MR) is 84.6 cm³/mol. The summed E-state index contributed by atoms with van der Waals surface area (Å²) >= 11 is 14.5. The summed E-state index contributed by atoms with van der Waals surface area (Å²) < 4.78 is 2.31. The molecule has 1 aliphatic rings. The van der Waals surface area contributed by atoms with Gasteiger partial charge in [-0.1, -0.05) is 11.6 Å². The van der Waals surface area contributed by atoms with Gasteiger partial charge < -0.3 is 4.57 Å². The van der Waals surface area contributed by atoms with Gasteiger partial charge in [0.25, 0.3) is 0 Å². The van der Waals surface area contributed by atoms with Crippen LogP contribution in [0.2, 0.25) is 5.02 Å². The number of benzene rings is 1.